The molecule has 0 saturated carbocycles. The lowest BCUT2D eigenvalue weighted by molar-refractivity contribution is -0.117. The van der Waals surface area contributed by atoms with Crippen LogP contribution in [0.4, 0.5) is 0 Å². The summed E-state index contributed by atoms with van der Waals surface area (Å²) in [6.07, 6.45) is 1.73. The average Bonchev–Trinajstić information content (AvgIpc) is 2.36. The first-order valence-electron chi connectivity index (χ1n) is 5.51. The van der Waals surface area contributed by atoms with Gasteiger partial charge >= 0.3 is 0 Å². The molecule has 5 nitrogen and oxygen atoms in total. The lowest BCUT2D eigenvalue weighted by Crippen LogP contribution is -2.10. The molecule has 0 bridgehead atoms. The fraction of sp³-hybridized carbons (Fsp3) is 0.385. The van der Waals surface area contributed by atoms with E-state index in [0.717, 1.165) is 5.56 Å². The van der Waals surface area contributed by atoms with Gasteiger partial charge in [-0.1, -0.05) is 6.07 Å². The summed E-state index contributed by atoms with van der Waals surface area (Å²) in [5.74, 6) is 1.06. The van der Waals surface area contributed by atoms with Crippen LogP contribution in [-0.4, -0.2) is 45.5 Å². The number of hydrogen-bond acceptors (Lipinski definition) is 3. The largest absolute Gasteiger partial charge is 0.493 e. The quantitative estimate of drug-likeness (QED) is 0.585. The van der Waals surface area contributed by atoms with Crippen LogP contribution in [0.15, 0.2) is 23.2 Å². The van der Waals surface area contributed by atoms with E-state index in [-0.39, 0.29) is 12.3 Å². The van der Waals surface area contributed by atoms with Gasteiger partial charge in [0.2, 0.25) is 0 Å². The Morgan fingerprint density at radius 1 is 1.28 bits per heavy atom. The van der Waals surface area contributed by atoms with E-state index in [0.29, 0.717) is 11.5 Å². The molecule has 0 aliphatic heterocycles. The van der Waals surface area contributed by atoms with Crippen LogP contribution in [0.5, 0.6) is 11.5 Å². The zero-order chi connectivity index (χ0) is 13.5. The third-order valence-corrected chi connectivity index (χ3v) is 2.24. The van der Waals surface area contributed by atoms with Gasteiger partial charge < -0.3 is 14.4 Å². The molecule has 0 saturated heterocycles. The number of nitrogens with zero attached hydrogens (tertiary/aromatic N) is 2. The molecule has 1 rings (SSSR count). The van der Waals surface area contributed by atoms with Crippen molar-refractivity contribution in [2.45, 2.75) is 6.42 Å². The molecule has 0 aliphatic rings. The van der Waals surface area contributed by atoms with E-state index in [1.807, 2.05) is 20.2 Å². The highest BCUT2D eigenvalue weighted by atomic mass is 16.5. The van der Waals surface area contributed by atoms with Crippen molar-refractivity contribution in [3.8, 4) is 11.5 Å². The fourth-order valence-electron chi connectivity index (χ4n) is 1.39. The van der Waals surface area contributed by atoms with Crippen molar-refractivity contribution < 1.29 is 14.3 Å². The van der Waals surface area contributed by atoms with Gasteiger partial charge in [0.1, 0.15) is 0 Å². The van der Waals surface area contributed by atoms with E-state index < -0.39 is 0 Å². The molecule has 0 spiro atoms. The summed E-state index contributed by atoms with van der Waals surface area (Å²) in [5, 5.41) is 0. The monoisotopic (exact) mass is 250 g/mol. The third-order valence-electron chi connectivity index (χ3n) is 2.24. The second-order valence-electron chi connectivity index (χ2n) is 3.97. The van der Waals surface area contributed by atoms with Crippen molar-refractivity contribution >= 4 is 12.2 Å². The highest BCUT2D eigenvalue weighted by molar-refractivity contribution is 5.86. The number of aliphatic imine (C=N–C) groups is 1. The predicted octanol–water partition coefficient (Wildman–Crippen LogP) is 1.36. The van der Waals surface area contributed by atoms with E-state index in [2.05, 4.69) is 4.99 Å². The van der Waals surface area contributed by atoms with Crippen molar-refractivity contribution in [3.05, 3.63) is 23.8 Å². The first-order chi connectivity index (χ1) is 8.56. The van der Waals surface area contributed by atoms with Crippen molar-refractivity contribution in [2.24, 2.45) is 4.99 Å². The number of carbonyl (C=O) groups excluding carboxylic acids is 1. The van der Waals surface area contributed by atoms with Gasteiger partial charge in [-0.05, 0) is 17.7 Å². The van der Waals surface area contributed by atoms with E-state index in [9.17, 15) is 4.79 Å². The molecule has 1 aromatic rings. The van der Waals surface area contributed by atoms with Crippen molar-refractivity contribution in [2.75, 3.05) is 28.3 Å². The third kappa shape index (κ3) is 4.08. The molecule has 18 heavy (non-hydrogen) atoms. The summed E-state index contributed by atoms with van der Waals surface area (Å²) in [4.78, 5) is 17.1. The molecule has 0 atom stereocenters. The number of ether oxygens (including phenoxy) is 2. The van der Waals surface area contributed by atoms with Gasteiger partial charge in [-0.2, -0.15) is 0 Å². The summed E-state index contributed by atoms with van der Waals surface area (Å²) in [6.45, 7) is 0. The number of carbonyl (C=O) groups is 1. The van der Waals surface area contributed by atoms with E-state index in [4.69, 9.17) is 9.47 Å². The van der Waals surface area contributed by atoms with Crippen molar-refractivity contribution in [1.29, 1.82) is 0 Å². The smallest absolute Gasteiger partial charge is 0.251 e. The molecule has 98 valence electrons. The first-order valence-corrected chi connectivity index (χ1v) is 5.51. The van der Waals surface area contributed by atoms with Crippen LogP contribution in [0, 0.1) is 0 Å². The molecular formula is C13H18N2O3. The number of rotatable bonds is 5. The Labute approximate surface area is 107 Å². The highest BCUT2D eigenvalue weighted by Crippen LogP contribution is 2.27. The molecule has 0 fully saturated rings. The van der Waals surface area contributed by atoms with Crippen LogP contribution < -0.4 is 9.47 Å². The lowest BCUT2D eigenvalue weighted by atomic mass is 10.1. The zero-order valence-electron chi connectivity index (χ0n) is 11.1. The Kier molecular flexibility index (Phi) is 5.17. The van der Waals surface area contributed by atoms with Crippen LogP contribution in [-0.2, 0) is 11.2 Å². The summed E-state index contributed by atoms with van der Waals surface area (Å²) in [7, 11) is 6.76. The molecule has 0 N–H and O–H groups in total. The highest BCUT2D eigenvalue weighted by Gasteiger charge is 2.07. The average molecular weight is 250 g/mol. The maximum absolute atomic E-state index is 11.6. The van der Waals surface area contributed by atoms with Crippen molar-refractivity contribution in [3.63, 3.8) is 0 Å². The first kappa shape index (κ1) is 14.0. The maximum Gasteiger partial charge on any atom is 0.251 e. The van der Waals surface area contributed by atoms with Crippen molar-refractivity contribution in [1.82, 2.24) is 4.90 Å². The summed E-state index contributed by atoms with van der Waals surface area (Å²) in [5.41, 5.74) is 0.841. The molecule has 0 heterocycles. The van der Waals surface area contributed by atoms with Crippen LogP contribution in [0.25, 0.3) is 0 Å². The minimum atomic E-state index is -0.198. The van der Waals surface area contributed by atoms with Crippen LogP contribution in [0.1, 0.15) is 5.56 Å². The summed E-state index contributed by atoms with van der Waals surface area (Å²) in [6, 6.07) is 5.38. The Morgan fingerprint density at radius 3 is 2.50 bits per heavy atom. The van der Waals surface area contributed by atoms with Gasteiger partial charge in [0, 0.05) is 14.1 Å². The lowest BCUT2D eigenvalue weighted by Gasteiger charge is -2.08. The van der Waals surface area contributed by atoms with Gasteiger partial charge in [-0.25, -0.2) is 4.99 Å². The van der Waals surface area contributed by atoms with Crippen LogP contribution in [0.3, 0.4) is 0 Å². The van der Waals surface area contributed by atoms with Crippen LogP contribution in [0.2, 0.25) is 0 Å². The number of hydrogen-bond donors (Lipinski definition) is 0. The van der Waals surface area contributed by atoms with Gasteiger partial charge in [0.25, 0.3) is 5.91 Å². The minimum absolute atomic E-state index is 0.198. The Hall–Kier alpha value is -2.04. The zero-order valence-corrected chi connectivity index (χ0v) is 11.1. The molecular weight excluding hydrogens is 232 g/mol. The van der Waals surface area contributed by atoms with Gasteiger partial charge in [0.15, 0.2) is 11.5 Å². The molecule has 5 heteroatoms. The topological polar surface area (TPSA) is 51.1 Å². The number of methoxy groups -OCH3 is 2. The van der Waals surface area contributed by atoms with Crippen LogP contribution >= 0.6 is 0 Å². The maximum atomic E-state index is 11.6. The van der Waals surface area contributed by atoms with E-state index in [1.165, 1.54) is 6.34 Å². The standard InChI is InChI=1S/C13H18N2O3/c1-15(2)9-14-13(16)8-10-5-6-11(17-3)12(7-10)18-4/h5-7,9H,8H2,1-4H3/b14-9-. The summed E-state index contributed by atoms with van der Waals surface area (Å²) < 4.78 is 10.3. The Morgan fingerprint density at radius 2 is 1.94 bits per heavy atom. The van der Waals surface area contributed by atoms with Gasteiger partial charge in [0.05, 0.1) is 27.0 Å². The van der Waals surface area contributed by atoms with E-state index >= 15 is 0 Å². The molecule has 0 unspecified atom stereocenters. The normalized spacial score (nSPS) is 10.4. The second-order valence-corrected chi connectivity index (χ2v) is 3.97. The Bertz CT molecular complexity index is 442. The summed E-state index contributed by atoms with van der Waals surface area (Å²) >= 11 is 0. The number of benzene rings is 1. The van der Waals surface area contributed by atoms with E-state index in [1.54, 1.807) is 31.3 Å². The molecule has 1 amide bonds. The Balaban J connectivity index is 2.76. The number of amides is 1. The minimum Gasteiger partial charge on any atom is -0.493 e. The molecule has 1 aromatic carbocycles. The second kappa shape index (κ2) is 6.64. The molecule has 0 aromatic heterocycles. The SMILES string of the molecule is COc1ccc(CC(=O)/N=C\N(C)C)cc1OC. The van der Waals surface area contributed by atoms with Gasteiger partial charge in [-0.15, -0.1) is 0 Å². The molecule has 0 aliphatic carbocycles. The molecule has 0 radical (unpaired) electrons. The van der Waals surface area contributed by atoms with Gasteiger partial charge in [-0.3, -0.25) is 4.79 Å². The fourth-order valence-corrected chi connectivity index (χ4v) is 1.39. The predicted molar refractivity (Wildman–Crippen MR) is 70.4 cm³/mol.